The van der Waals surface area contributed by atoms with Crippen LogP contribution in [0.25, 0.3) is 0 Å². The van der Waals surface area contributed by atoms with E-state index in [1.807, 2.05) is 38.2 Å². The lowest BCUT2D eigenvalue weighted by molar-refractivity contribution is -0.134. The van der Waals surface area contributed by atoms with Crippen LogP contribution in [-0.4, -0.2) is 68.0 Å². The Labute approximate surface area is 210 Å². The van der Waals surface area contributed by atoms with E-state index in [2.05, 4.69) is 15.0 Å². The second-order valence-corrected chi connectivity index (χ2v) is 8.27. The third kappa shape index (κ3) is 14.3. The van der Waals surface area contributed by atoms with Crippen molar-refractivity contribution in [3.05, 3.63) is 65.2 Å². The zero-order valence-corrected chi connectivity index (χ0v) is 20.9. The van der Waals surface area contributed by atoms with Gasteiger partial charge in [-0.25, -0.2) is 0 Å². The van der Waals surface area contributed by atoms with Crippen LogP contribution in [0.3, 0.4) is 0 Å². The molecule has 1 saturated heterocycles. The van der Waals surface area contributed by atoms with Crippen LogP contribution in [0.15, 0.2) is 48.5 Å². The molecule has 1 atom stereocenters. The lowest BCUT2D eigenvalue weighted by Gasteiger charge is -2.30. The fraction of sp³-hybridized carbons (Fsp3) is 0.462. The predicted octanol–water partition coefficient (Wildman–Crippen LogP) is 4.47. The molecule has 2 aromatic carbocycles. The highest BCUT2D eigenvalue weighted by Gasteiger charge is 2.24. The maximum atomic E-state index is 11.8. The summed E-state index contributed by atoms with van der Waals surface area (Å²) in [6, 6.07) is 14.1. The first-order valence-corrected chi connectivity index (χ1v) is 11.6. The molecule has 0 saturated carbocycles. The quantitative estimate of drug-likeness (QED) is 0.533. The predicted molar refractivity (Wildman–Crippen MR) is 131 cm³/mol. The normalized spacial score (nSPS) is 15.4. The van der Waals surface area contributed by atoms with E-state index in [0.717, 1.165) is 18.7 Å². The average molecular weight is 513 g/mol. The summed E-state index contributed by atoms with van der Waals surface area (Å²) in [6.45, 7) is 7.31. The fourth-order valence-electron chi connectivity index (χ4n) is 3.13. The zero-order chi connectivity index (χ0) is 27.0. The number of ether oxygens (including phenoxy) is 2. The Bertz CT molecular complexity index is 907. The van der Waals surface area contributed by atoms with Gasteiger partial charge < -0.3 is 24.8 Å². The van der Waals surface area contributed by atoms with E-state index in [1.165, 1.54) is 24.6 Å². The molecule has 1 heterocycles. The topological polar surface area (TPSA) is 88.1 Å². The number of carbonyl (C=O) groups is 2. The molecule has 1 unspecified atom stereocenters. The lowest BCUT2D eigenvalue weighted by Crippen LogP contribution is -2.45. The molecule has 0 spiro atoms. The van der Waals surface area contributed by atoms with E-state index in [9.17, 15) is 22.8 Å². The van der Waals surface area contributed by atoms with Crippen molar-refractivity contribution in [2.45, 2.75) is 45.6 Å². The molecule has 0 radical (unpaired) electrons. The Morgan fingerprint density at radius 3 is 2.47 bits per heavy atom. The summed E-state index contributed by atoms with van der Waals surface area (Å²) in [7, 11) is 2.04. The minimum Gasteiger partial charge on any atom is -0.508 e. The van der Waals surface area contributed by atoms with Crippen LogP contribution in [0.2, 0.25) is 0 Å². The summed E-state index contributed by atoms with van der Waals surface area (Å²) in [5, 5.41) is 12.0. The molecule has 36 heavy (non-hydrogen) atoms. The second kappa shape index (κ2) is 16.5. The summed E-state index contributed by atoms with van der Waals surface area (Å²) in [5.41, 5.74) is 2.74. The molecule has 0 aliphatic carbocycles. The van der Waals surface area contributed by atoms with Crippen molar-refractivity contribution in [1.29, 1.82) is 0 Å². The molecular weight excluding hydrogens is 477 g/mol. The van der Waals surface area contributed by atoms with Crippen LogP contribution < -0.4 is 5.32 Å². The van der Waals surface area contributed by atoms with E-state index in [1.54, 1.807) is 12.1 Å². The van der Waals surface area contributed by atoms with E-state index in [4.69, 9.17) is 9.84 Å². The van der Waals surface area contributed by atoms with Crippen molar-refractivity contribution >= 4 is 12.4 Å². The molecule has 10 heteroatoms. The summed E-state index contributed by atoms with van der Waals surface area (Å²) >= 11 is 0. The van der Waals surface area contributed by atoms with Gasteiger partial charge in [0.05, 0.1) is 12.7 Å². The van der Waals surface area contributed by atoms with Gasteiger partial charge in [0.15, 0.2) is 0 Å². The minimum atomic E-state index is -3.95. The van der Waals surface area contributed by atoms with Crippen LogP contribution in [0.4, 0.5) is 13.2 Å². The largest absolute Gasteiger partial charge is 0.508 e. The van der Waals surface area contributed by atoms with E-state index >= 15 is 0 Å². The summed E-state index contributed by atoms with van der Waals surface area (Å²) in [5.74, 6) is 0.00983. The van der Waals surface area contributed by atoms with E-state index in [0.29, 0.717) is 31.8 Å². The Morgan fingerprint density at radius 2 is 1.94 bits per heavy atom. The van der Waals surface area contributed by atoms with Gasteiger partial charge in [-0.3, -0.25) is 9.59 Å². The van der Waals surface area contributed by atoms with Crippen LogP contribution in [0.1, 0.15) is 41.3 Å². The highest BCUT2D eigenvalue weighted by Crippen LogP contribution is 2.20. The number of aryl methyl sites for hydroxylation is 1. The first-order chi connectivity index (χ1) is 17.0. The van der Waals surface area contributed by atoms with Gasteiger partial charge in [0.2, 0.25) is 0 Å². The van der Waals surface area contributed by atoms with Gasteiger partial charge in [0.25, 0.3) is 12.4 Å². The molecule has 3 rings (SSSR count). The van der Waals surface area contributed by atoms with Gasteiger partial charge in [0, 0.05) is 31.6 Å². The number of carbonyl (C=O) groups excluding carboxylic acids is 2. The van der Waals surface area contributed by atoms with Crippen LogP contribution in [0.5, 0.6) is 5.75 Å². The minimum absolute atomic E-state index is 0.0461. The van der Waals surface area contributed by atoms with Gasteiger partial charge in [-0.1, -0.05) is 36.8 Å². The van der Waals surface area contributed by atoms with Gasteiger partial charge in [0.1, 0.15) is 12.4 Å². The van der Waals surface area contributed by atoms with Crippen molar-refractivity contribution in [3.63, 3.8) is 0 Å². The number of hydrogen-bond acceptors (Lipinski definition) is 6. The lowest BCUT2D eigenvalue weighted by atomic mass is 10.1. The first kappa shape index (κ1) is 30.9. The number of nitrogens with one attached hydrogen (secondary N) is 1. The number of amides is 1. The number of rotatable bonds is 7. The van der Waals surface area contributed by atoms with Crippen molar-refractivity contribution in [1.82, 2.24) is 10.2 Å². The maximum Gasteiger partial charge on any atom is 0.389 e. The van der Waals surface area contributed by atoms with Gasteiger partial charge in [-0.2, -0.15) is 13.2 Å². The number of phenolic OH excluding ortho intramolecular Hbond substituents is 1. The number of halogens is 3. The Hall–Kier alpha value is -3.11. The fourth-order valence-corrected chi connectivity index (χ4v) is 3.13. The number of nitrogens with zero attached hydrogens (tertiary/aromatic N) is 1. The summed E-state index contributed by atoms with van der Waals surface area (Å²) < 4.78 is 43.3. The van der Waals surface area contributed by atoms with Gasteiger partial charge in [-0.05, 0) is 50.2 Å². The van der Waals surface area contributed by atoms with Crippen molar-refractivity contribution in [2.75, 3.05) is 33.3 Å². The smallest absolute Gasteiger partial charge is 0.389 e. The van der Waals surface area contributed by atoms with E-state index in [-0.39, 0.29) is 24.2 Å². The third-order valence-corrected chi connectivity index (χ3v) is 4.90. The highest BCUT2D eigenvalue weighted by molar-refractivity contribution is 5.94. The molecule has 1 amide bonds. The Morgan fingerprint density at radius 1 is 1.25 bits per heavy atom. The monoisotopic (exact) mass is 512 g/mol. The van der Waals surface area contributed by atoms with Crippen LogP contribution in [-0.2, 0) is 20.9 Å². The maximum absolute atomic E-state index is 11.8. The van der Waals surface area contributed by atoms with Crippen LogP contribution >= 0.6 is 0 Å². The molecule has 0 bridgehead atoms. The Balaban J connectivity index is 0.000000306. The number of hydrogen-bond donors (Lipinski definition) is 2. The second-order valence-electron chi connectivity index (χ2n) is 8.27. The van der Waals surface area contributed by atoms with Crippen LogP contribution in [0, 0.1) is 6.92 Å². The third-order valence-electron chi connectivity index (χ3n) is 4.90. The standard InChI is InChI=1S/C13H18N2O3.C9H10O2.C4H7F3/c1-15-6-7-18-12(9-15)8-14-13(17)10-2-4-11(16)5-3-10;1-8-3-2-4-9(5-8)6-11-7-10;1-2-3-4(5,6)7/h2-5,12,16H,6-9H2,1H3,(H,14,17);2-5,7H,6H2,1H3;2-3H2,1H3. The molecule has 2 N–H and O–H groups in total. The Kier molecular flexibility index (Phi) is 14.2. The molecule has 2 aromatic rings. The molecule has 200 valence electrons. The molecule has 1 fully saturated rings. The molecule has 1 aliphatic heterocycles. The highest BCUT2D eigenvalue weighted by atomic mass is 19.4. The number of aromatic hydroxyl groups is 1. The van der Waals surface area contributed by atoms with Crippen molar-refractivity contribution in [2.24, 2.45) is 0 Å². The van der Waals surface area contributed by atoms with Gasteiger partial charge in [-0.15, -0.1) is 0 Å². The number of likely N-dealkylation sites (N-methyl/N-ethyl adjacent to an activating group) is 1. The number of benzene rings is 2. The summed E-state index contributed by atoms with van der Waals surface area (Å²) in [4.78, 5) is 23.8. The first-order valence-electron chi connectivity index (χ1n) is 11.6. The summed E-state index contributed by atoms with van der Waals surface area (Å²) in [6.07, 6.45) is -4.38. The van der Waals surface area contributed by atoms with Crippen molar-refractivity contribution in [3.8, 4) is 5.75 Å². The number of phenols is 1. The van der Waals surface area contributed by atoms with E-state index < -0.39 is 12.6 Å². The number of alkyl halides is 3. The molecule has 7 nitrogen and oxygen atoms in total. The van der Waals surface area contributed by atoms with Gasteiger partial charge >= 0.3 is 6.18 Å². The van der Waals surface area contributed by atoms with Crippen molar-refractivity contribution < 1.29 is 37.3 Å². The zero-order valence-electron chi connectivity index (χ0n) is 20.9. The number of morpholine rings is 1. The molecule has 1 aliphatic rings. The molecular formula is C26H35F3N2O5. The SMILES string of the molecule is CCCC(F)(F)F.CN1CCOC(CNC(=O)c2ccc(O)cc2)C1.Cc1cccc(COC=O)c1. The molecule has 0 aromatic heterocycles. The average Bonchev–Trinajstić information content (AvgIpc) is 2.82.